The van der Waals surface area contributed by atoms with Gasteiger partial charge in [0.2, 0.25) is 0 Å². The van der Waals surface area contributed by atoms with E-state index in [-0.39, 0.29) is 25.9 Å². The summed E-state index contributed by atoms with van der Waals surface area (Å²) in [5.74, 6) is 0. The van der Waals surface area contributed by atoms with Gasteiger partial charge in [0.05, 0.1) is 0 Å². The third kappa shape index (κ3) is 4.37. The van der Waals surface area contributed by atoms with Crippen LogP contribution in [-0.2, 0) is 0 Å². The van der Waals surface area contributed by atoms with E-state index in [1.165, 1.54) is 10.0 Å². The topological polar surface area (TPSA) is 20.2 Å². The zero-order valence-electron chi connectivity index (χ0n) is 12.7. The summed E-state index contributed by atoms with van der Waals surface area (Å²) in [4.78, 5) is 0.259. The van der Waals surface area contributed by atoms with Crippen LogP contribution in [-0.4, -0.2) is 26.3 Å². The molecule has 0 aliphatic rings. The normalized spacial score (nSPS) is 15.4. The van der Waals surface area contributed by atoms with E-state index in [1.807, 2.05) is 42.1 Å². The van der Waals surface area contributed by atoms with E-state index >= 15 is 0 Å². The van der Waals surface area contributed by atoms with E-state index in [4.69, 9.17) is 0 Å². The number of hydrogen-bond donors (Lipinski definition) is 1. The standard InChI is InChI=1S/C18H22OSSe/c1-13(20-3)16-11-7-8-12-17(16)21-14(2)18(19)15-9-5-4-6-10-15/h4-14,18-19H,1-3H3/t13-,14?,18?/m0/s1. The molecule has 0 saturated heterocycles. The Morgan fingerprint density at radius 3 is 2.24 bits per heavy atom. The number of hydrogen-bond acceptors (Lipinski definition) is 2. The van der Waals surface area contributed by atoms with Gasteiger partial charge in [0.25, 0.3) is 0 Å². The zero-order chi connectivity index (χ0) is 15.2. The van der Waals surface area contributed by atoms with Crippen molar-refractivity contribution in [2.45, 2.75) is 30.0 Å². The Kier molecular flexibility index (Phi) is 6.38. The van der Waals surface area contributed by atoms with E-state index < -0.39 is 0 Å². The minimum absolute atomic E-state index is 0.259. The Hall–Kier alpha value is -0.731. The molecule has 112 valence electrons. The van der Waals surface area contributed by atoms with Gasteiger partial charge in [-0.1, -0.05) is 0 Å². The first-order chi connectivity index (χ1) is 10.1. The van der Waals surface area contributed by atoms with Crippen LogP contribution < -0.4 is 4.46 Å². The Morgan fingerprint density at radius 1 is 0.952 bits per heavy atom. The molecule has 0 saturated carbocycles. The second-order valence-corrected chi connectivity index (χ2v) is 9.25. The summed E-state index contributed by atoms with van der Waals surface area (Å²) >= 11 is 2.13. The van der Waals surface area contributed by atoms with Crippen LogP contribution >= 0.6 is 11.8 Å². The van der Waals surface area contributed by atoms with E-state index in [0.717, 1.165) is 5.56 Å². The maximum atomic E-state index is 10.5. The van der Waals surface area contributed by atoms with Gasteiger partial charge in [-0.2, -0.15) is 0 Å². The van der Waals surface area contributed by atoms with Gasteiger partial charge < -0.3 is 0 Å². The fourth-order valence-electron chi connectivity index (χ4n) is 2.24. The molecule has 0 fully saturated rings. The van der Waals surface area contributed by atoms with Gasteiger partial charge in [0.1, 0.15) is 0 Å². The third-order valence-corrected chi connectivity index (χ3v) is 7.20. The van der Waals surface area contributed by atoms with Gasteiger partial charge >= 0.3 is 138 Å². The molecule has 21 heavy (non-hydrogen) atoms. The maximum absolute atomic E-state index is 10.5. The van der Waals surface area contributed by atoms with Crippen LogP contribution in [0, 0.1) is 0 Å². The Balaban J connectivity index is 2.14. The molecule has 0 aliphatic heterocycles. The van der Waals surface area contributed by atoms with Crippen LogP contribution in [0.1, 0.15) is 36.3 Å². The SMILES string of the molecule is CS[C@@H](C)c1ccccc1[Se]C(C)C(O)c1ccccc1. The summed E-state index contributed by atoms with van der Waals surface area (Å²) in [6.45, 7) is 4.40. The van der Waals surface area contributed by atoms with Crippen LogP contribution in [0.5, 0.6) is 0 Å². The van der Waals surface area contributed by atoms with Gasteiger partial charge in [0, 0.05) is 0 Å². The van der Waals surface area contributed by atoms with Crippen molar-refractivity contribution < 1.29 is 5.11 Å². The molecule has 3 atom stereocenters. The van der Waals surface area contributed by atoms with Crippen LogP contribution in [0.4, 0.5) is 0 Å². The molecule has 2 aromatic rings. The molecule has 0 amide bonds. The fraction of sp³-hybridized carbons (Fsp3) is 0.333. The van der Waals surface area contributed by atoms with Crippen molar-refractivity contribution in [1.29, 1.82) is 0 Å². The molecule has 0 aromatic heterocycles. The Labute approximate surface area is 138 Å². The molecule has 0 spiro atoms. The first kappa shape index (κ1) is 16.6. The van der Waals surface area contributed by atoms with E-state index in [1.54, 1.807) is 0 Å². The number of thioether (sulfide) groups is 1. The summed E-state index contributed by atoms with van der Waals surface area (Å²) < 4.78 is 1.41. The quantitative estimate of drug-likeness (QED) is 0.782. The van der Waals surface area contributed by atoms with E-state index in [9.17, 15) is 5.11 Å². The van der Waals surface area contributed by atoms with E-state index in [2.05, 4.69) is 44.4 Å². The molecule has 3 heteroatoms. The van der Waals surface area contributed by atoms with Crippen molar-refractivity contribution in [3.8, 4) is 0 Å². The summed E-state index contributed by atoms with van der Waals surface area (Å²) in [5.41, 5.74) is 2.43. The van der Waals surface area contributed by atoms with Crippen molar-refractivity contribution in [3.05, 3.63) is 65.7 Å². The first-order valence-corrected chi connectivity index (χ1v) is 10.3. The van der Waals surface area contributed by atoms with Gasteiger partial charge in [-0.05, 0) is 0 Å². The molecule has 2 rings (SSSR count). The molecular formula is C18H22OSSe. The van der Waals surface area contributed by atoms with Crippen molar-refractivity contribution in [2.75, 3.05) is 6.26 Å². The number of aliphatic hydroxyl groups is 1. The monoisotopic (exact) mass is 366 g/mol. The fourth-order valence-corrected chi connectivity index (χ4v) is 5.43. The second-order valence-electron chi connectivity index (χ2n) is 5.09. The Bertz CT molecular complexity index is 558. The molecule has 0 bridgehead atoms. The summed E-state index contributed by atoms with van der Waals surface area (Å²) in [6, 6.07) is 18.6. The van der Waals surface area contributed by atoms with Crippen LogP contribution in [0.15, 0.2) is 54.6 Å². The van der Waals surface area contributed by atoms with Crippen molar-refractivity contribution in [1.82, 2.24) is 0 Å². The molecule has 2 unspecified atom stereocenters. The van der Waals surface area contributed by atoms with Gasteiger partial charge in [-0.3, -0.25) is 0 Å². The minimum atomic E-state index is -0.385. The summed E-state index contributed by atoms with van der Waals surface area (Å²) in [7, 11) is 0. The van der Waals surface area contributed by atoms with Crippen molar-refractivity contribution in [3.63, 3.8) is 0 Å². The van der Waals surface area contributed by atoms with Gasteiger partial charge in [-0.25, -0.2) is 0 Å². The number of rotatable bonds is 6. The molecule has 0 aliphatic carbocycles. The molecule has 1 nitrogen and oxygen atoms in total. The molecular weight excluding hydrogens is 343 g/mol. The van der Waals surface area contributed by atoms with E-state index in [0.29, 0.717) is 5.25 Å². The van der Waals surface area contributed by atoms with Gasteiger partial charge in [-0.15, -0.1) is 0 Å². The molecule has 0 radical (unpaired) electrons. The summed E-state index contributed by atoms with van der Waals surface area (Å²) in [6.07, 6.45) is 1.76. The van der Waals surface area contributed by atoms with Crippen LogP contribution in [0.25, 0.3) is 0 Å². The second kappa shape index (κ2) is 8.05. The van der Waals surface area contributed by atoms with Crippen LogP contribution in [0.2, 0.25) is 4.82 Å². The average molecular weight is 365 g/mol. The molecule has 1 N–H and O–H groups in total. The number of aliphatic hydroxyl groups excluding tert-OH is 1. The molecule has 0 heterocycles. The third-order valence-electron chi connectivity index (χ3n) is 3.61. The van der Waals surface area contributed by atoms with Gasteiger partial charge in [0.15, 0.2) is 0 Å². The first-order valence-electron chi connectivity index (χ1n) is 7.15. The molecule has 2 aromatic carbocycles. The summed E-state index contributed by atoms with van der Waals surface area (Å²) in [5, 5.41) is 11.1. The Morgan fingerprint density at radius 2 is 1.57 bits per heavy atom. The van der Waals surface area contributed by atoms with Crippen LogP contribution in [0.3, 0.4) is 0 Å². The average Bonchev–Trinajstić information content (AvgIpc) is 2.54. The predicted octanol–water partition coefficient (Wildman–Crippen LogP) is 3.98. The van der Waals surface area contributed by atoms with Crippen molar-refractivity contribution in [2.24, 2.45) is 0 Å². The zero-order valence-corrected chi connectivity index (χ0v) is 15.2. The number of benzene rings is 2. The van der Waals surface area contributed by atoms with Crippen molar-refractivity contribution >= 4 is 31.2 Å². The predicted molar refractivity (Wildman–Crippen MR) is 94.6 cm³/mol.